The SMILES string of the molecule is CC(C)c1ccc(/C=C2/N=C(SCC(=O)c3c([O-])on[n+]3-c3ccccc3)N(c3ccccc3)C2=O)cc1. The van der Waals surface area contributed by atoms with Crippen molar-refractivity contribution in [2.24, 2.45) is 4.99 Å². The van der Waals surface area contributed by atoms with Gasteiger partial charge in [0.15, 0.2) is 11.1 Å². The monoisotopic (exact) mass is 524 g/mol. The van der Waals surface area contributed by atoms with E-state index in [1.165, 1.54) is 15.1 Å². The molecule has 1 amide bonds. The zero-order valence-corrected chi connectivity index (χ0v) is 21.6. The number of carbonyl (C=O) groups is 2. The molecule has 4 aromatic rings. The van der Waals surface area contributed by atoms with Crippen molar-refractivity contribution < 1.29 is 23.9 Å². The molecule has 0 unspecified atom stereocenters. The van der Waals surface area contributed by atoms with Crippen LogP contribution in [0.3, 0.4) is 0 Å². The predicted molar refractivity (Wildman–Crippen MR) is 144 cm³/mol. The number of aliphatic imine (C=N–C) groups is 1. The molecular formula is C29H24N4O4S. The first-order chi connectivity index (χ1) is 18.4. The van der Waals surface area contributed by atoms with Crippen molar-refractivity contribution >= 4 is 40.4 Å². The highest BCUT2D eigenvalue weighted by Gasteiger charge is 2.34. The molecule has 1 aromatic heterocycles. The van der Waals surface area contributed by atoms with Crippen LogP contribution in [0, 0.1) is 0 Å². The molecule has 0 atom stereocenters. The molecule has 1 aliphatic rings. The zero-order valence-electron chi connectivity index (χ0n) is 20.8. The Labute approximate surface area is 223 Å². The number of nitrogens with zero attached hydrogens (tertiary/aromatic N) is 4. The third-order valence-electron chi connectivity index (χ3n) is 5.96. The van der Waals surface area contributed by atoms with Crippen LogP contribution in [0.2, 0.25) is 0 Å². The summed E-state index contributed by atoms with van der Waals surface area (Å²) in [7, 11) is 0. The Morgan fingerprint density at radius 2 is 1.68 bits per heavy atom. The van der Waals surface area contributed by atoms with Crippen LogP contribution in [0.15, 0.2) is 100 Å². The molecule has 5 rings (SSSR count). The van der Waals surface area contributed by atoms with Gasteiger partial charge in [0, 0.05) is 12.1 Å². The van der Waals surface area contributed by atoms with E-state index in [0.717, 1.165) is 17.3 Å². The standard InChI is InChI=1S/C29H24N4O4S/c1-19(2)21-15-13-20(14-16-21)17-24-27(35)32(22-9-5-3-6-10-22)29(30-24)38-18-25(34)26-28(36)37-31-33(26)23-11-7-4-8-12-23/h3-17,19H,18H2,1-2H3/b24-17+. The number of amides is 1. The number of carbonyl (C=O) groups excluding carboxylic acids is 2. The summed E-state index contributed by atoms with van der Waals surface area (Å²) in [6.07, 6.45) is 1.73. The molecule has 8 nitrogen and oxygen atoms in total. The number of hydrogen-bond donors (Lipinski definition) is 0. The maximum atomic E-state index is 13.4. The molecule has 190 valence electrons. The molecule has 38 heavy (non-hydrogen) atoms. The third-order valence-corrected chi connectivity index (χ3v) is 6.90. The molecule has 1 aliphatic heterocycles. The topological polar surface area (TPSA) is 103 Å². The fraction of sp³-hybridized carbons (Fsp3) is 0.138. The summed E-state index contributed by atoms with van der Waals surface area (Å²) in [5, 5.41) is 16.4. The van der Waals surface area contributed by atoms with E-state index in [1.54, 1.807) is 42.5 Å². The average Bonchev–Trinajstić information content (AvgIpc) is 3.47. The van der Waals surface area contributed by atoms with Gasteiger partial charge in [0.25, 0.3) is 5.91 Å². The van der Waals surface area contributed by atoms with Gasteiger partial charge >= 0.3 is 5.69 Å². The number of rotatable bonds is 7. The maximum absolute atomic E-state index is 13.4. The van der Waals surface area contributed by atoms with Gasteiger partial charge in [-0.1, -0.05) is 86.3 Å². The lowest BCUT2D eigenvalue weighted by molar-refractivity contribution is -0.672. The lowest BCUT2D eigenvalue weighted by atomic mass is 10.0. The quantitative estimate of drug-likeness (QED) is 0.200. The van der Waals surface area contributed by atoms with E-state index in [9.17, 15) is 14.7 Å². The first-order valence-electron chi connectivity index (χ1n) is 12.0. The van der Waals surface area contributed by atoms with Gasteiger partial charge in [-0.15, -0.1) is 0 Å². The number of anilines is 1. The molecule has 2 heterocycles. The Balaban J connectivity index is 1.43. The van der Waals surface area contributed by atoms with Crippen LogP contribution in [0.25, 0.3) is 11.8 Å². The van der Waals surface area contributed by atoms with Crippen molar-refractivity contribution in [1.29, 1.82) is 0 Å². The first kappa shape index (κ1) is 25.2. The van der Waals surface area contributed by atoms with Crippen LogP contribution in [-0.4, -0.2) is 27.9 Å². The Hall–Kier alpha value is -4.50. The lowest BCUT2D eigenvalue weighted by Gasteiger charge is -2.17. The largest absolute Gasteiger partial charge is 0.539 e. The van der Waals surface area contributed by atoms with Crippen LogP contribution in [-0.2, 0) is 4.79 Å². The number of hydrogen-bond acceptors (Lipinski definition) is 7. The Kier molecular flexibility index (Phi) is 7.19. The van der Waals surface area contributed by atoms with Crippen LogP contribution in [0.4, 0.5) is 5.69 Å². The predicted octanol–water partition coefficient (Wildman–Crippen LogP) is 4.51. The summed E-state index contributed by atoms with van der Waals surface area (Å²) in [5.41, 5.74) is 3.27. The molecule has 3 aromatic carbocycles. The van der Waals surface area contributed by atoms with Gasteiger partial charge in [0.05, 0.1) is 16.7 Å². The molecule has 0 aliphatic carbocycles. The third kappa shape index (κ3) is 5.14. The molecule has 0 saturated carbocycles. The van der Waals surface area contributed by atoms with Gasteiger partial charge in [-0.25, -0.2) is 4.99 Å². The minimum atomic E-state index is -0.825. The number of benzene rings is 3. The van der Waals surface area contributed by atoms with Crippen molar-refractivity contribution in [3.05, 3.63) is 107 Å². The van der Waals surface area contributed by atoms with Gasteiger partial charge in [0.2, 0.25) is 11.5 Å². The number of para-hydroxylation sites is 2. The van der Waals surface area contributed by atoms with Crippen LogP contribution in [0.5, 0.6) is 5.95 Å². The lowest BCUT2D eigenvalue weighted by Crippen LogP contribution is -2.39. The van der Waals surface area contributed by atoms with E-state index >= 15 is 0 Å². The van der Waals surface area contributed by atoms with E-state index in [1.807, 2.05) is 48.5 Å². The number of amidine groups is 1. The summed E-state index contributed by atoms with van der Waals surface area (Å²) in [4.78, 5) is 32.6. The smallest absolute Gasteiger partial charge is 0.307 e. The van der Waals surface area contributed by atoms with E-state index in [0.29, 0.717) is 22.5 Å². The van der Waals surface area contributed by atoms with Crippen molar-refractivity contribution in [3.8, 4) is 11.6 Å². The van der Waals surface area contributed by atoms with Gasteiger partial charge in [-0.05, 0) is 39.9 Å². The average molecular weight is 525 g/mol. The summed E-state index contributed by atoms with van der Waals surface area (Å²) in [6.45, 7) is 4.25. The molecule has 0 radical (unpaired) electrons. The molecule has 0 fully saturated rings. The first-order valence-corrected chi connectivity index (χ1v) is 13.0. The fourth-order valence-corrected chi connectivity index (χ4v) is 4.83. The van der Waals surface area contributed by atoms with E-state index in [-0.39, 0.29) is 23.1 Å². The highest BCUT2D eigenvalue weighted by molar-refractivity contribution is 8.14. The highest BCUT2D eigenvalue weighted by atomic mass is 32.2. The molecule has 0 spiro atoms. The summed E-state index contributed by atoms with van der Waals surface area (Å²) >= 11 is 1.07. The van der Waals surface area contributed by atoms with E-state index in [2.05, 4.69) is 24.1 Å². The Morgan fingerprint density at radius 3 is 2.34 bits per heavy atom. The zero-order chi connectivity index (χ0) is 26.6. The van der Waals surface area contributed by atoms with Crippen molar-refractivity contribution in [1.82, 2.24) is 5.27 Å². The number of thioether (sulfide) groups is 1. The molecule has 0 saturated heterocycles. The highest BCUT2D eigenvalue weighted by Crippen LogP contribution is 2.30. The summed E-state index contributed by atoms with van der Waals surface area (Å²) in [6, 6.07) is 25.9. The second-order valence-electron chi connectivity index (χ2n) is 8.89. The summed E-state index contributed by atoms with van der Waals surface area (Å²) < 4.78 is 5.97. The van der Waals surface area contributed by atoms with E-state index in [4.69, 9.17) is 4.52 Å². The van der Waals surface area contributed by atoms with Crippen LogP contribution >= 0.6 is 11.8 Å². The van der Waals surface area contributed by atoms with Gasteiger partial charge in [-0.3, -0.25) is 14.5 Å². The van der Waals surface area contributed by atoms with Crippen molar-refractivity contribution in [2.45, 2.75) is 19.8 Å². The Morgan fingerprint density at radius 1 is 1.03 bits per heavy atom. The number of aromatic nitrogens is 2. The number of ketones is 1. The normalized spacial score (nSPS) is 14.4. The fourth-order valence-electron chi connectivity index (χ4n) is 3.96. The molecule has 0 bridgehead atoms. The molecule has 9 heteroatoms. The van der Waals surface area contributed by atoms with Crippen molar-refractivity contribution in [3.63, 3.8) is 0 Å². The summed E-state index contributed by atoms with van der Waals surface area (Å²) in [5.74, 6) is -1.36. The second-order valence-corrected chi connectivity index (χ2v) is 9.83. The maximum Gasteiger partial charge on any atom is 0.307 e. The van der Waals surface area contributed by atoms with Gasteiger partial charge in [0.1, 0.15) is 5.70 Å². The van der Waals surface area contributed by atoms with Gasteiger partial charge in [-0.2, -0.15) is 0 Å². The minimum Gasteiger partial charge on any atom is -0.539 e. The molecule has 0 N–H and O–H groups in total. The van der Waals surface area contributed by atoms with Crippen molar-refractivity contribution in [2.75, 3.05) is 10.7 Å². The van der Waals surface area contributed by atoms with Gasteiger partial charge < -0.3 is 9.63 Å². The number of Topliss-reactive ketones (excluding diaryl/α,β-unsaturated/α-hetero) is 1. The van der Waals surface area contributed by atoms with E-state index < -0.39 is 11.7 Å². The minimum absolute atomic E-state index is 0.144. The second kappa shape index (κ2) is 10.9. The molecular weight excluding hydrogens is 500 g/mol. The van der Waals surface area contributed by atoms with Crippen LogP contribution in [0.1, 0.15) is 41.4 Å². The van der Waals surface area contributed by atoms with Crippen LogP contribution < -0.4 is 14.7 Å². The Bertz CT molecular complexity index is 1530.